The van der Waals surface area contributed by atoms with Gasteiger partial charge in [-0.15, -0.1) is 0 Å². The molecule has 2 aliphatic rings. The van der Waals surface area contributed by atoms with Gasteiger partial charge in [-0.25, -0.2) is 0 Å². The van der Waals surface area contributed by atoms with E-state index in [0.29, 0.717) is 0 Å². The molecule has 0 bridgehead atoms. The fourth-order valence-corrected chi connectivity index (χ4v) is 3.86. The second kappa shape index (κ2) is 7.09. The summed E-state index contributed by atoms with van der Waals surface area (Å²) in [5.41, 5.74) is 0.356. The Morgan fingerprint density at radius 2 is 1.05 bits per heavy atom. The Morgan fingerprint density at radius 1 is 0.700 bits per heavy atom. The first-order valence-corrected chi connectivity index (χ1v) is 8.63. The van der Waals surface area contributed by atoms with Crippen molar-refractivity contribution in [2.24, 2.45) is 0 Å². The summed E-state index contributed by atoms with van der Waals surface area (Å²) >= 11 is 0. The van der Waals surface area contributed by atoms with Crippen molar-refractivity contribution in [3.63, 3.8) is 0 Å². The summed E-state index contributed by atoms with van der Waals surface area (Å²) < 4.78 is 0. The van der Waals surface area contributed by atoms with E-state index in [2.05, 4.69) is 6.58 Å². The van der Waals surface area contributed by atoms with Gasteiger partial charge in [0.15, 0.2) is 0 Å². The molecule has 0 radical (unpaired) electrons. The average Bonchev–Trinajstić information content (AvgIpc) is 2.45. The highest BCUT2D eigenvalue weighted by Gasteiger charge is 2.30. The van der Waals surface area contributed by atoms with E-state index in [9.17, 15) is 10.2 Å². The molecule has 0 spiro atoms. The Kier molecular flexibility index (Phi) is 5.68. The van der Waals surface area contributed by atoms with Crippen molar-refractivity contribution in [3.8, 4) is 0 Å². The summed E-state index contributed by atoms with van der Waals surface area (Å²) in [6, 6.07) is 0. The minimum atomic E-state index is -0.428. The van der Waals surface area contributed by atoms with Gasteiger partial charge in [-0.2, -0.15) is 0 Å². The van der Waals surface area contributed by atoms with Gasteiger partial charge in [-0.05, 0) is 51.4 Å². The standard InChI is InChI=1S/C18H32O2/c1-16(8-14-17(19)10-4-2-5-11-17)9-15-18(20)12-6-3-7-13-18/h19-20H,1-15H2. The van der Waals surface area contributed by atoms with E-state index in [0.717, 1.165) is 51.4 Å². The minimum absolute atomic E-state index is 0.428. The molecule has 0 aromatic heterocycles. The Balaban J connectivity index is 1.67. The van der Waals surface area contributed by atoms with Crippen molar-refractivity contribution in [1.82, 2.24) is 0 Å². The first kappa shape index (κ1) is 16.0. The summed E-state index contributed by atoms with van der Waals surface area (Å²) in [5.74, 6) is 0. The highest BCUT2D eigenvalue weighted by atomic mass is 16.3. The molecule has 0 aliphatic heterocycles. The van der Waals surface area contributed by atoms with Gasteiger partial charge in [0.2, 0.25) is 0 Å². The maximum Gasteiger partial charge on any atom is 0.0650 e. The van der Waals surface area contributed by atoms with Crippen LogP contribution in [0.15, 0.2) is 12.2 Å². The smallest absolute Gasteiger partial charge is 0.0650 e. The first-order chi connectivity index (χ1) is 9.52. The minimum Gasteiger partial charge on any atom is -0.390 e. The molecule has 116 valence electrons. The Hall–Kier alpha value is -0.340. The summed E-state index contributed by atoms with van der Waals surface area (Å²) in [6.07, 6.45) is 14.7. The zero-order chi connectivity index (χ0) is 14.5. The van der Waals surface area contributed by atoms with Gasteiger partial charge in [0.05, 0.1) is 11.2 Å². The van der Waals surface area contributed by atoms with Crippen LogP contribution >= 0.6 is 0 Å². The molecular weight excluding hydrogens is 248 g/mol. The van der Waals surface area contributed by atoms with Gasteiger partial charge in [-0.1, -0.05) is 50.7 Å². The lowest BCUT2D eigenvalue weighted by molar-refractivity contribution is -0.00723. The molecule has 2 nitrogen and oxygen atoms in total. The first-order valence-electron chi connectivity index (χ1n) is 8.63. The molecule has 2 heteroatoms. The largest absolute Gasteiger partial charge is 0.390 e. The third-order valence-corrected chi connectivity index (χ3v) is 5.46. The summed E-state index contributed by atoms with van der Waals surface area (Å²) in [7, 11) is 0. The summed E-state index contributed by atoms with van der Waals surface area (Å²) in [6.45, 7) is 4.16. The molecule has 0 unspecified atom stereocenters. The number of allylic oxidation sites excluding steroid dienone is 1. The van der Waals surface area contributed by atoms with E-state index in [1.807, 2.05) is 0 Å². The van der Waals surface area contributed by atoms with Crippen molar-refractivity contribution < 1.29 is 10.2 Å². The van der Waals surface area contributed by atoms with Crippen LogP contribution < -0.4 is 0 Å². The van der Waals surface area contributed by atoms with E-state index in [1.165, 1.54) is 44.1 Å². The lowest BCUT2D eigenvalue weighted by atomic mass is 9.79. The topological polar surface area (TPSA) is 40.5 Å². The quantitative estimate of drug-likeness (QED) is 0.704. The van der Waals surface area contributed by atoms with Crippen molar-refractivity contribution in [2.75, 3.05) is 0 Å². The van der Waals surface area contributed by atoms with Crippen LogP contribution in [0.5, 0.6) is 0 Å². The van der Waals surface area contributed by atoms with Crippen LogP contribution in [0.1, 0.15) is 89.9 Å². The fourth-order valence-electron chi connectivity index (χ4n) is 3.86. The van der Waals surface area contributed by atoms with Crippen LogP contribution in [0, 0.1) is 0 Å². The van der Waals surface area contributed by atoms with Crippen molar-refractivity contribution >= 4 is 0 Å². The molecule has 2 saturated carbocycles. The van der Waals surface area contributed by atoms with E-state index in [4.69, 9.17) is 0 Å². The van der Waals surface area contributed by atoms with Gasteiger partial charge in [0.1, 0.15) is 0 Å². The van der Waals surface area contributed by atoms with E-state index < -0.39 is 11.2 Å². The van der Waals surface area contributed by atoms with Gasteiger partial charge in [0.25, 0.3) is 0 Å². The third-order valence-electron chi connectivity index (χ3n) is 5.46. The lowest BCUT2D eigenvalue weighted by Gasteiger charge is -2.34. The predicted molar refractivity (Wildman–Crippen MR) is 83.7 cm³/mol. The third kappa shape index (κ3) is 4.89. The molecule has 20 heavy (non-hydrogen) atoms. The van der Waals surface area contributed by atoms with E-state index >= 15 is 0 Å². The number of hydrogen-bond acceptors (Lipinski definition) is 2. The van der Waals surface area contributed by atoms with Gasteiger partial charge in [0, 0.05) is 0 Å². The van der Waals surface area contributed by atoms with Crippen LogP contribution in [-0.4, -0.2) is 21.4 Å². The number of rotatable bonds is 6. The van der Waals surface area contributed by atoms with Crippen LogP contribution in [0.25, 0.3) is 0 Å². The summed E-state index contributed by atoms with van der Waals surface area (Å²) in [5, 5.41) is 21.0. The number of hydrogen-bond donors (Lipinski definition) is 2. The number of aliphatic hydroxyl groups is 2. The van der Waals surface area contributed by atoms with Crippen LogP contribution in [-0.2, 0) is 0 Å². The van der Waals surface area contributed by atoms with Gasteiger partial charge < -0.3 is 10.2 Å². The summed E-state index contributed by atoms with van der Waals surface area (Å²) in [4.78, 5) is 0. The molecular formula is C18H32O2. The lowest BCUT2D eigenvalue weighted by Crippen LogP contribution is -2.32. The van der Waals surface area contributed by atoms with Crippen LogP contribution in [0.4, 0.5) is 0 Å². The SMILES string of the molecule is C=C(CCC1(O)CCCCC1)CCC1(O)CCCCC1. The molecule has 0 heterocycles. The van der Waals surface area contributed by atoms with Crippen LogP contribution in [0.3, 0.4) is 0 Å². The second-order valence-corrected chi connectivity index (χ2v) is 7.32. The average molecular weight is 280 g/mol. The van der Waals surface area contributed by atoms with E-state index in [-0.39, 0.29) is 0 Å². The highest BCUT2D eigenvalue weighted by molar-refractivity contribution is 4.99. The van der Waals surface area contributed by atoms with Crippen molar-refractivity contribution in [1.29, 1.82) is 0 Å². The molecule has 2 rings (SSSR count). The molecule has 0 amide bonds. The molecule has 2 fully saturated rings. The Morgan fingerprint density at radius 3 is 1.40 bits per heavy atom. The van der Waals surface area contributed by atoms with Gasteiger partial charge >= 0.3 is 0 Å². The van der Waals surface area contributed by atoms with Gasteiger partial charge in [-0.3, -0.25) is 0 Å². The predicted octanol–water partition coefficient (Wildman–Crippen LogP) is 4.49. The fraction of sp³-hybridized carbons (Fsp3) is 0.889. The molecule has 0 atom stereocenters. The molecule has 0 aromatic carbocycles. The van der Waals surface area contributed by atoms with Crippen molar-refractivity contribution in [3.05, 3.63) is 12.2 Å². The Labute approximate surface area is 124 Å². The molecule has 0 saturated heterocycles. The zero-order valence-corrected chi connectivity index (χ0v) is 13.0. The molecule has 2 N–H and O–H groups in total. The maximum atomic E-state index is 10.5. The normalized spacial score (nSPS) is 25.3. The van der Waals surface area contributed by atoms with Crippen LogP contribution in [0.2, 0.25) is 0 Å². The van der Waals surface area contributed by atoms with Crippen molar-refractivity contribution in [2.45, 2.75) is 101 Å². The molecule has 0 aromatic rings. The second-order valence-electron chi connectivity index (χ2n) is 7.32. The monoisotopic (exact) mass is 280 g/mol. The Bertz CT molecular complexity index is 279. The maximum absolute atomic E-state index is 10.5. The highest BCUT2D eigenvalue weighted by Crippen LogP contribution is 2.35. The molecule has 2 aliphatic carbocycles. The zero-order valence-electron chi connectivity index (χ0n) is 13.0. The van der Waals surface area contributed by atoms with E-state index in [1.54, 1.807) is 0 Å².